The monoisotopic (exact) mass is 180 g/mol. The van der Waals surface area contributed by atoms with Crippen LogP contribution in [0.15, 0.2) is 46.8 Å². The number of aliphatic imine (C=N–C) groups is 1. The minimum atomic E-state index is 0.0567. The smallest absolute Gasteiger partial charge is 0.125 e. The zero-order valence-corrected chi connectivity index (χ0v) is 7.51. The Balaban J connectivity index is 2.27. The van der Waals surface area contributed by atoms with Gasteiger partial charge in [0.1, 0.15) is 6.04 Å². The van der Waals surface area contributed by atoms with Crippen molar-refractivity contribution in [3.05, 3.63) is 53.0 Å². The molecule has 2 nitrogen and oxygen atoms in total. The van der Waals surface area contributed by atoms with Crippen LogP contribution in [0.2, 0.25) is 0 Å². The minimum absolute atomic E-state index is 0.0567. The van der Waals surface area contributed by atoms with Crippen LogP contribution < -0.4 is 0 Å². The summed E-state index contributed by atoms with van der Waals surface area (Å²) < 4.78 is 0. The van der Waals surface area contributed by atoms with Crippen molar-refractivity contribution in [2.75, 3.05) is 0 Å². The summed E-state index contributed by atoms with van der Waals surface area (Å²) >= 11 is 0. The summed E-state index contributed by atoms with van der Waals surface area (Å²) in [6.45, 7) is 0. The Morgan fingerprint density at radius 1 is 1.29 bits per heavy atom. The quantitative estimate of drug-likeness (QED) is 0.562. The molecule has 0 spiro atoms. The van der Waals surface area contributed by atoms with E-state index in [4.69, 9.17) is 0 Å². The van der Waals surface area contributed by atoms with E-state index in [-0.39, 0.29) is 6.04 Å². The van der Waals surface area contributed by atoms with Gasteiger partial charge in [0.2, 0.25) is 0 Å². The zero-order valence-electron chi connectivity index (χ0n) is 7.51. The molecule has 0 N–H and O–H groups in total. The summed E-state index contributed by atoms with van der Waals surface area (Å²) in [5.41, 5.74) is 6.46. The molecule has 1 aromatic heterocycles. The fraction of sp³-hybridized carbons (Fsp3) is 0.0833. The molecular weight excluding hydrogens is 172 g/mol. The van der Waals surface area contributed by atoms with Gasteiger partial charge in [-0.25, -0.2) is 0 Å². The van der Waals surface area contributed by atoms with E-state index in [0.29, 0.717) is 0 Å². The van der Waals surface area contributed by atoms with Gasteiger partial charge in [0.15, 0.2) is 0 Å². The number of nitrogens with zero attached hydrogens (tertiary/aromatic N) is 2. The van der Waals surface area contributed by atoms with Crippen molar-refractivity contribution in [2.45, 2.75) is 6.04 Å². The molecule has 2 aliphatic rings. The molecule has 1 aliphatic carbocycles. The maximum Gasteiger partial charge on any atom is 0.125 e. The third-order valence-electron chi connectivity index (χ3n) is 2.43. The first kappa shape index (κ1) is 7.48. The standard InChI is InChI=1S/C12H8N2/c1-3-9-5-6-10-4-2-8-14-12(10)11(9)13-7-1/h1-3,5-8,12H. The molecule has 0 aromatic carbocycles. The van der Waals surface area contributed by atoms with E-state index >= 15 is 0 Å². The molecule has 0 bridgehead atoms. The molecule has 3 rings (SSSR count). The first-order chi connectivity index (χ1) is 6.95. The van der Waals surface area contributed by atoms with Crippen LogP contribution in [0, 0.1) is 0 Å². The third-order valence-corrected chi connectivity index (χ3v) is 2.43. The van der Waals surface area contributed by atoms with Crippen LogP contribution in [0.4, 0.5) is 0 Å². The van der Waals surface area contributed by atoms with Gasteiger partial charge in [-0.15, -0.1) is 5.73 Å². The van der Waals surface area contributed by atoms with Crippen LogP contribution >= 0.6 is 0 Å². The predicted octanol–water partition coefficient (Wildman–Crippen LogP) is 2.32. The van der Waals surface area contributed by atoms with Crippen molar-refractivity contribution in [1.82, 2.24) is 4.98 Å². The maximum atomic E-state index is 4.40. The Hall–Kier alpha value is -1.92. The van der Waals surface area contributed by atoms with Gasteiger partial charge in [-0.2, -0.15) is 0 Å². The summed E-state index contributed by atoms with van der Waals surface area (Å²) in [7, 11) is 0. The van der Waals surface area contributed by atoms with Gasteiger partial charge in [0.05, 0.1) is 5.69 Å². The number of fused-ring (bicyclic) bond motifs is 3. The predicted molar refractivity (Wildman–Crippen MR) is 56.1 cm³/mol. The maximum absolute atomic E-state index is 4.40. The topological polar surface area (TPSA) is 25.2 Å². The summed E-state index contributed by atoms with van der Waals surface area (Å²) in [5, 5.41) is 0. The van der Waals surface area contributed by atoms with Gasteiger partial charge in [0.25, 0.3) is 0 Å². The average Bonchev–Trinajstić information content (AvgIpc) is 2.29. The molecule has 0 saturated carbocycles. The lowest BCUT2D eigenvalue weighted by Gasteiger charge is -2.19. The molecule has 14 heavy (non-hydrogen) atoms. The van der Waals surface area contributed by atoms with E-state index in [9.17, 15) is 0 Å². The summed E-state index contributed by atoms with van der Waals surface area (Å²) in [6, 6.07) is 4.06. The normalized spacial score (nSPS) is 21.4. The molecule has 0 amide bonds. The van der Waals surface area contributed by atoms with E-state index in [1.54, 1.807) is 6.21 Å². The highest BCUT2D eigenvalue weighted by atomic mass is 14.8. The van der Waals surface area contributed by atoms with Crippen LogP contribution in [0.1, 0.15) is 17.3 Å². The van der Waals surface area contributed by atoms with Gasteiger partial charge < -0.3 is 0 Å². The first-order valence-electron chi connectivity index (χ1n) is 4.56. The van der Waals surface area contributed by atoms with E-state index in [0.717, 1.165) is 16.8 Å². The Labute approximate surface area is 82.0 Å². The number of rotatable bonds is 0. The summed E-state index contributed by atoms with van der Waals surface area (Å²) in [6.07, 6.45) is 9.55. The van der Waals surface area contributed by atoms with Crippen molar-refractivity contribution in [3.8, 4) is 0 Å². The summed E-state index contributed by atoms with van der Waals surface area (Å²) in [5.74, 6) is 0. The molecule has 1 aliphatic heterocycles. The van der Waals surface area contributed by atoms with Gasteiger partial charge in [0, 0.05) is 18.0 Å². The van der Waals surface area contributed by atoms with E-state index in [2.05, 4.69) is 33.9 Å². The van der Waals surface area contributed by atoms with Crippen molar-refractivity contribution in [1.29, 1.82) is 0 Å². The zero-order chi connectivity index (χ0) is 9.38. The second-order valence-corrected chi connectivity index (χ2v) is 3.28. The van der Waals surface area contributed by atoms with Crippen LogP contribution in [0.3, 0.4) is 0 Å². The number of aromatic nitrogens is 1. The number of hydrogen-bond acceptors (Lipinski definition) is 2. The Morgan fingerprint density at radius 2 is 2.29 bits per heavy atom. The highest BCUT2D eigenvalue weighted by molar-refractivity contribution is 5.75. The van der Waals surface area contributed by atoms with Crippen molar-refractivity contribution in [2.24, 2.45) is 4.99 Å². The van der Waals surface area contributed by atoms with Gasteiger partial charge in [-0.1, -0.05) is 12.1 Å². The van der Waals surface area contributed by atoms with Crippen LogP contribution in [0.25, 0.3) is 6.08 Å². The van der Waals surface area contributed by atoms with E-state index in [1.807, 2.05) is 18.3 Å². The largest absolute Gasteiger partial charge is 0.277 e. The number of pyridine rings is 1. The molecule has 0 fully saturated rings. The van der Waals surface area contributed by atoms with Crippen LogP contribution in [0.5, 0.6) is 0 Å². The average molecular weight is 180 g/mol. The van der Waals surface area contributed by atoms with Gasteiger partial charge in [-0.05, 0) is 23.8 Å². The highest BCUT2D eigenvalue weighted by Crippen LogP contribution is 2.33. The number of hydrogen-bond donors (Lipinski definition) is 0. The molecule has 1 aromatic rings. The lowest BCUT2D eigenvalue weighted by atomic mass is 9.93. The third kappa shape index (κ3) is 0.983. The Kier molecular flexibility index (Phi) is 1.49. The lowest BCUT2D eigenvalue weighted by molar-refractivity contribution is 0.823. The molecule has 2 heteroatoms. The molecule has 0 radical (unpaired) electrons. The van der Waals surface area contributed by atoms with Crippen molar-refractivity contribution < 1.29 is 0 Å². The first-order valence-corrected chi connectivity index (χ1v) is 4.56. The van der Waals surface area contributed by atoms with Crippen LogP contribution in [-0.4, -0.2) is 11.2 Å². The lowest BCUT2D eigenvalue weighted by Crippen LogP contribution is -2.08. The SMILES string of the molecule is C1=CC=NC2C=1C=Cc1cccnc12. The van der Waals surface area contributed by atoms with E-state index in [1.165, 1.54) is 0 Å². The van der Waals surface area contributed by atoms with Crippen LogP contribution in [-0.2, 0) is 0 Å². The molecule has 2 heterocycles. The molecular formula is C12H8N2. The Bertz CT molecular complexity index is 503. The van der Waals surface area contributed by atoms with E-state index < -0.39 is 0 Å². The molecule has 66 valence electrons. The van der Waals surface area contributed by atoms with Gasteiger partial charge in [-0.3, -0.25) is 9.98 Å². The molecule has 1 unspecified atom stereocenters. The van der Waals surface area contributed by atoms with Gasteiger partial charge >= 0.3 is 0 Å². The fourth-order valence-corrected chi connectivity index (χ4v) is 1.76. The second-order valence-electron chi connectivity index (χ2n) is 3.28. The molecule has 1 atom stereocenters. The molecule has 0 saturated heterocycles. The second kappa shape index (κ2) is 2.79. The fourth-order valence-electron chi connectivity index (χ4n) is 1.76. The summed E-state index contributed by atoms with van der Waals surface area (Å²) in [4.78, 5) is 8.76. The van der Waals surface area contributed by atoms with Crippen molar-refractivity contribution in [3.63, 3.8) is 0 Å². The van der Waals surface area contributed by atoms with Crippen molar-refractivity contribution >= 4 is 12.3 Å². The Morgan fingerprint density at radius 3 is 3.29 bits per heavy atom. The highest BCUT2D eigenvalue weighted by Gasteiger charge is 2.21. The minimum Gasteiger partial charge on any atom is -0.277 e.